The summed E-state index contributed by atoms with van der Waals surface area (Å²) in [6.07, 6.45) is -1.45. The van der Waals surface area contributed by atoms with E-state index in [9.17, 15) is 22.8 Å². The van der Waals surface area contributed by atoms with Crippen molar-refractivity contribution in [3.8, 4) is 22.8 Å². The molecule has 0 atom stereocenters. The molecule has 4 aromatic rings. The molecule has 3 amide bonds. The molecule has 9 nitrogen and oxygen atoms in total. The number of hydrogen-bond donors (Lipinski definition) is 1. The van der Waals surface area contributed by atoms with Gasteiger partial charge in [-0.15, -0.1) is 18.3 Å². The molecular formula is C32H28BrF3N6O3S. The molecule has 3 aromatic carbocycles. The first-order chi connectivity index (χ1) is 21.9. The van der Waals surface area contributed by atoms with Gasteiger partial charge in [-0.1, -0.05) is 77.9 Å². The first kappa shape index (κ1) is 32.9. The van der Waals surface area contributed by atoms with Crippen LogP contribution in [-0.2, 0) is 4.79 Å². The molecule has 1 aliphatic heterocycles. The highest BCUT2D eigenvalue weighted by atomic mass is 79.9. The molecule has 46 heavy (non-hydrogen) atoms. The van der Waals surface area contributed by atoms with E-state index in [1.54, 1.807) is 0 Å². The van der Waals surface area contributed by atoms with Crippen molar-refractivity contribution in [2.45, 2.75) is 33.1 Å². The zero-order valence-corrected chi connectivity index (χ0v) is 27.3. The summed E-state index contributed by atoms with van der Waals surface area (Å²) >= 11 is 4.72. The van der Waals surface area contributed by atoms with Crippen LogP contribution >= 0.6 is 27.7 Å². The van der Waals surface area contributed by atoms with Gasteiger partial charge in [-0.2, -0.15) is 4.99 Å². The van der Waals surface area contributed by atoms with Crippen LogP contribution in [0, 0.1) is 6.92 Å². The number of halogens is 4. The van der Waals surface area contributed by atoms with Crippen molar-refractivity contribution >= 4 is 56.6 Å². The molecule has 1 aromatic heterocycles. The summed E-state index contributed by atoms with van der Waals surface area (Å²) < 4.78 is 43.3. The third kappa shape index (κ3) is 8.23. The number of nitrogens with zero attached hydrogens (tertiary/aromatic N) is 5. The predicted octanol–water partition coefficient (Wildman–Crippen LogP) is 7.85. The maximum Gasteiger partial charge on any atom is 0.573 e. The molecule has 1 fully saturated rings. The van der Waals surface area contributed by atoms with Gasteiger partial charge in [-0.3, -0.25) is 9.69 Å². The smallest absolute Gasteiger partial charge is 0.406 e. The van der Waals surface area contributed by atoms with E-state index in [4.69, 9.17) is 0 Å². The van der Waals surface area contributed by atoms with Crippen molar-refractivity contribution in [2.24, 2.45) is 4.99 Å². The Labute approximate surface area is 275 Å². The van der Waals surface area contributed by atoms with E-state index in [-0.39, 0.29) is 29.9 Å². The molecule has 1 N–H and O–H groups in total. The summed E-state index contributed by atoms with van der Waals surface area (Å²) in [6, 6.07) is 18.1. The molecule has 238 valence electrons. The number of rotatable bonds is 8. The number of alkyl halides is 3. The summed E-state index contributed by atoms with van der Waals surface area (Å²) in [6.45, 7) is 6.24. The highest BCUT2D eigenvalue weighted by Gasteiger charge is 2.33. The fraction of sp³-hybridized carbons (Fsp3) is 0.219. The number of aliphatic imine (C=N–C) groups is 1. The largest absolute Gasteiger partial charge is 0.573 e. The number of aromatic nitrogens is 3. The first-order valence-electron chi connectivity index (χ1n) is 14.0. The minimum Gasteiger partial charge on any atom is -0.406 e. The van der Waals surface area contributed by atoms with Gasteiger partial charge < -0.3 is 10.1 Å². The summed E-state index contributed by atoms with van der Waals surface area (Å²) in [5, 5.41) is 7.51. The fourth-order valence-electron chi connectivity index (χ4n) is 4.58. The minimum absolute atomic E-state index is 0.121. The van der Waals surface area contributed by atoms with Crippen LogP contribution in [0.3, 0.4) is 0 Å². The number of amides is 3. The minimum atomic E-state index is -4.76. The van der Waals surface area contributed by atoms with Gasteiger partial charge in [-0.05, 0) is 65.9 Å². The Morgan fingerprint density at radius 1 is 1.13 bits per heavy atom. The van der Waals surface area contributed by atoms with Crippen molar-refractivity contribution in [1.29, 1.82) is 0 Å². The first-order valence-corrected chi connectivity index (χ1v) is 15.8. The van der Waals surface area contributed by atoms with E-state index in [0.29, 0.717) is 21.2 Å². The second-order valence-electron chi connectivity index (χ2n) is 10.6. The Morgan fingerprint density at radius 2 is 1.85 bits per heavy atom. The lowest BCUT2D eigenvalue weighted by Crippen LogP contribution is -2.32. The standard InChI is InChI=1S/C32H28BrF3N6O3S/c1-19(2)26-13-4-20(3)14-27(26)42-28(43)17-46-31(42)39-30(44)37-16-23(33)15-21-5-7-22(8-6-21)29-38-18-41(40-29)24-9-11-25(12-10-24)45-32(34,35)36/h4-15,18-19H,16-17H2,1-3H3,(H,37,44)/b23-15+,39-31?. The molecule has 0 radical (unpaired) electrons. The third-order valence-corrected chi connectivity index (χ3v) is 8.17. The monoisotopic (exact) mass is 712 g/mol. The van der Waals surface area contributed by atoms with Gasteiger partial charge in [0.05, 0.1) is 23.7 Å². The third-order valence-electron chi connectivity index (χ3n) is 6.74. The van der Waals surface area contributed by atoms with E-state index in [1.807, 2.05) is 55.5 Å². The molecule has 0 saturated carbocycles. The molecule has 2 heterocycles. The lowest BCUT2D eigenvalue weighted by molar-refractivity contribution is -0.274. The van der Waals surface area contributed by atoms with Crippen LogP contribution in [0.4, 0.5) is 23.7 Å². The van der Waals surface area contributed by atoms with Crippen molar-refractivity contribution in [3.63, 3.8) is 0 Å². The SMILES string of the molecule is Cc1ccc(C(C)C)c(N2C(=O)CSC2=NC(=O)NC/C(Br)=C\c2ccc(-c3ncn(-c4ccc(OC(F)(F)F)cc4)n3)cc2)c1. The van der Waals surface area contributed by atoms with Crippen LogP contribution in [-0.4, -0.2) is 50.5 Å². The fourth-order valence-corrected chi connectivity index (χ4v) is 5.85. The Kier molecular flexibility index (Phi) is 9.97. The van der Waals surface area contributed by atoms with Gasteiger partial charge in [0, 0.05) is 10.0 Å². The molecule has 0 spiro atoms. The molecule has 14 heteroatoms. The average molecular weight is 714 g/mol. The Hall–Kier alpha value is -4.43. The number of ether oxygens (including phenoxy) is 1. The van der Waals surface area contributed by atoms with E-state index < -0.39 is 12.4 Å². The number of aryl methyl sites for hydroxylation is 1. The van der Waals surface area contributed by atoms with Crippen LogP contribution in [0.5, 0.6) is 5.75 Å². The number of amidine groups is 1. The van der Waals surface area contributed by atoms with Crippen molar-refractivity contribution in [2.75, 3.05) is 17.2 Å². The van der Waals surface area contributed by atoms with Crippen molar-refractivity contribution < 1.29 is 27.5 Å². The van der Waals surface area contributed by atoms with Crippen molar-refractivity contribution in [1.82, 2.24) is 20.1 Å². The highest BCUT2D eigenvalue weighted by Crippen LogP contribution is 2.34. The van der Waals surface area contributed by atoms with Gasteiger partial charge in [0.2, 0.25) is 5.91 Å². The van der Waals surface area contributed by atoms with Crippen LogP contribution in [0.15, 0.2) is 82.5 Å². The number of thioether (sulfide) groups is 1. The summed E-state index contributed by atoms with van der Waals surface area (Å²) in [4.78, 5) is 35.6. The quantitative estimate of drug-likeness (QED) is 0.200. The van der Waals surface area contributed by atoms with Crippen LogP contribution < -0.4 is 15.0 Å². The maximum absolute atomic E-state index is 12.8. The zero-order valence-electron chi connectivity index (χ0n) is 24.9. The number of nitrogens with one attached hydrogen (secondary N) is 1. The van der Waals surface area contributed by atoms with E-state index in [1.165, 1.54) is 51.9 Å². The number of anilines is 1. The molecular weight excluding hydrogens is 685 g/mol. The lowest BCUT2D eigenvalue weighted by Gasteiger charge is -2.22. The molecule has 0 aliphatic carbocycles. The van der Waals surface area contributed by atoms with Gasteiger partial charge >= 0.3 is 12.4 Å². The normalized spacial score (nSPS) is 14.8. The number of hydrogen-bond acceptors (Lipinski definition) is 6. The molecule has 5 rings (SSSR count). The topological polar surface area (TPSA) is 102 Å². The van der Waals surface area contributed by atoms with E-state index in [0.717, 1.165) is 27.9 Å². The summed E-state index contributed by atoms with van der Waals surface area (Å²) in [7, 11) is 0. The number of carbonyl (C=O) groups excluding carboxylic acids is 2. The Morgan fingerprint density at radius 3 is 2.52 bits per heavy atom. The maximum atomic E-state index is 12.8. The number of benzene rings is 3. The van der Waals surface area contributed by atoms with Crippen LogP contribution in [0.1, 0.15) is 36.5 Å². The van der Waals surface area contributed by atoms with Gasteiger partial charge in [0.1, 0.15) is 12.1 Å². The zero-order chi connectivity index (χ0) is 33.0. The molecule has 1 saturated heterocycles. The molecule has 0 bridgehead atoms. The number of carbonyl (C=O) groups is 2. The Bertz CT molecular complexity index is 1810. The predicted molar refractivity (Wildman–Crippen MR) is 176 cm³/mol. The second kappa shape index (κ2) is 13.9. The van der Waals surface area contributed by atoms with Gasteiger partial charge in [-0.25, -0.2) is 14.5 Å². The molecule has 0 unspecified atom stereocenters. The van der Waals surface area contributed by atoms with E-state index >= 15 is 0 Å². The van der Waals surface area contributed by atoms with Gasteiger partial charge in [0.15, 0.2) is 11.0 Å². The van der Waals surface area contributed by atoms with E-state index in [2.05, 4.69) is 54.9 Å². The number of urea groups is 1. The summed E-state index contributed by atoms with van der Waals surface area (Å²) in [5.41, 5.74) is 4.86. The molecule has 1 aliphatic rings. The van der Waals surface area contributed by atoms with Crippen LogP contribution in [0.25, 0.3) is 23.2 Å². The lowest BCUT2D eigenvalue weighted by atomic mass is 9.99. The second-order valence-corrected chi connectivity index (χ2v) is 12.5. The van der Waals surface area contributed by atoms with Crippen LogP contribution in [0.2, 0.25) is 0 Å². The highest BCUT2D eigenvalue weighted by molar-refractivity contribution is 9.11. The van der Waals surface area contributed by atoms with Gasteiger partial charge in [0.25, 0.3) is 0 Å². The Balaban J connectivity index is 1.20. The average Bonchev–Trinajstić information content (AvgIpc) is 3.63. The summed E-state index contributed by atoms with van der Waals surface area (Å²) in [5.74, 6) is 0.377. The van der Waals surface area contributed by atoms with Crippen molar-refractivity contribution in [3.05, 3.63) is 94.2 Å².